The zero-order valence-corrected chi connectivity index (χ0v) is 24.7. The van der Waals surface area contributed by atoms with Crippen molar-refractivity contribution in [2.75, 3.05) is 25.1 Å². The van der Waals surface area contributed by atoms with Gasteiger partial charge in [0.25, 0.3) is 11.4 Å². The third-order valence-corrected chi connectivity index (χ3v) is 8.47. The summed E-state index contributed by atoms with van der Waals surface area (Å²) in [6.07, 6.45) is 1.98. The van der Waals surface area contributed by atoms with Crippen LogP contribution in [-0.2, 0) is 22.5 Å². The van der Waals surface area contributed by atoms with E-state index in [-0.39, 0.29) is 30.4 Å². The first-order valence-electron chi connectivity index (χ1n) is 13.2. The molecule has 0 aliphatic carbocycles. The molecule has 0 amide bonds. The van der Waals surface area contributed by atoms with Gasteiger partial charge in [0, 0.05) is 59.8 Å². The second-order valence-electron chi connectivity index (χ2n) is 9.82. The van der Waals surface area contributed by atoms with E-state index in [0.29, 0.717) is 22.7 Å². The second-order valence-corrected chi connectivity index (χ2v) is 11.1. The van der Waals surface area contributed by atoms with E-state index < -0.39 is 9.85 Å². The van der Waals surface area contributed by atoms with E-state index in [1.807, 2.05) is 42.1 Å². The molecule has 2 aromatic heterocycles. The number of hydrogen-bond acceptors (Lipinski definition) is 8. The van der Waals surface area contributed by atoms with Crippen molar-refractivity contribution in [2.24, 2.45) is 0 Å². The van der Waals surface area contributed by atoms with E-state index in [4.69, 9.17) is 16.3 Å². The number of thiophene rings is 1. The minimum absolute atomic E-state index is 0.0701. The van der Waals surface area contributed by atoms with Gasteiger partial charge in [-0.2, -0.15) is 0 Å². The fourth-order valence-corrected chi connectivity index (χ4v) is 6.38. The Kier molecular flexibility index (Phi) is 8.15. The lowest BCUT2D eigenvalue weighted by Crippen LogP contribution is -2.15. The Morgan fingerprint density at radius 1 is 0.976 bits per heavy atom. The number of ether oxygens (including phenoxy) is 1. The molecule has 5 rings (SSSR count). The molecule has 2 heterocycles. The number of carbonyl (C=O) groups is 1. The van der Waals surface area contributed by atoms with Gasteiger partial charge in [-0.3, -0.25) is 25.0 Å². The van der Waals surface area contributed by atoms with E-state index in [1.54, 1.807) is 24.3 Å². The molecule has 0 unspecified atom stereocenters. The van der Waals surface area contributed by atoms with Gasteiger partial charge < -0.3 is 14.2 Å². The second kappa shape index (κ2) is 11.8. The van der Waals surface area contributed by atoms with Crippen molar-refractivity contribution in [3.05, 3.63) is 96.5 Å². The van der Waals surface area contributed by atoms with E-state index in [2.05, 4.69) is 17.2 Å². The smallest absolute Gasteiger partial charge is 0.310 e. The number of benzene rings is 3. The highest BCUT2D eigenvalue weighted by atomic mass is 35.5. The van der Waals surface area contributed by atoms with Crippen molar-refractivity contribution in [1.82, 2.24) is 4.57 Å². The molecule has 0 aliphatic rings. The maximum Gasteiger partial charge on any atom is 0.310 e. The minimum atomic E-state index is -0.647. The zero-order valence-electron chi connectivity index (χ0n) is 23.1. The van der Waals surface area contributed by atoms with E-state index in [1.165, 1.54) is 12.1 Å². The zero-order chi connectivity index (χ0) is 30.1. The van der Waals surface area contributed by atoms with Crippen LogP contribution in [0.25, 0.3) is 32.1 Å². The SMILES string of the molecule is CCOC(=O)Cc1cn(Cc2csc3c(N(C)CC)cc(Cl)cc23)c2cc(-c3cc([N+](=O)[O-])cc([N+](=O)[O-])c3)ccc12. The van der Waals surface area contributed by atoms with Gasteiger partial charge in [-0.1, -0.05) is 23.7 Å². The van der Waals surface area contributed by atoms with Gasteiger partial charge in [0.1, 0.15) is 0 Å². The van der Waals surface area contributed by atoms with Crippen molar-refractivity contribution in [3.8, 4) is 11.1 Å². The predicted octanol–water partition coefficient (Wildman–Crippen LogP) is 7.60. The number of aromatic nitrogens is 1. The Hall–Kier alpha value is -4.48. The molecule has 0 spiro atoms. The number of nitrogens with zero attached hydrogens (tertiary/aromatic N) is 4. The Morgan fingerprint density at radius 3 is 2.33 bits per heavy atom. The van der Waals surface area contributed by atoms with Crippen LogP contribution in [0.5, 0.6) is 0 Å². The summed E-state index contributed by atoms with van der Waals surface area (Å²) >= 11 is 8.16. The number of rotatable bonds is 10. The van der Waals surface area contributed by atoms with Gasteiger partial charge in [-0.15, -0.1) is 11.3 Å². The van der Waals surface area contributed by atoms with Crippen LogP contribution >= 0.6 is 22.9 Å². The summed E-state index contributed by atoms with van der Waals surface area (Å²) in [5.41, 5.74) is 3.81. The predicted molar refractivity (Wildman–Crippen MR) is 166 cm³/mol. The third kappa shape index (κ3) is 5.65. The van der Waals surface area contributed by atoms with Gasteiger partial charge in [0.05, 0.1) is 39.3 Å². The number of fused-ring (bicyclic) bond motifs is 2. The van der Waals surface area contributed by atoms with E-state index >= 15 is 0 Å². The van der Waals surface area contributed by atoms with Crippen LogP contribution in [0.15, 0.2) is 60.1 Å². The molecule has 12 heteroatoms. The molecule has 0 saturated carbocycles. The third-order valence-electron chi connectivity index (χ3n) is 7.19. The van der Waals surface area contributed by atoms with Gasteiger partial charge in [-0.25, -0.2) is 0 Å². The summed E-state index contributed by atoms with van der Waals surface area (Å²) in [7, 11) is 2.02. The van der Waals surface area contributed by atoms with Crippen LogP contribution < -0.4 is 4.90 Å². The maximum atomic E-state index is 12.4. The highest BCUT2D eigenvalue weighted by molar-refractivity contribution is 7.18. The molecule has 0 atom stereocenters. The highest BCUT2D eigenvalue weighted by Gasteiger charge is 2.20. The summed E-state index contributed by atoms with van der Waals surface area (Å²) in [6.45, 7) is 5.38. The van der Waals surface area contributed by atoms with Gasteiger partial charge in [0.2, 0.25) is 0 Å². The number of non-ortho nitro benzene ring substituents is 2. The summed E-state index contributed by atoms with van der Waals surface area (Å²) in [5.74, 6) is -0.352. The Morgan fingerprint density at radius 2 is 1.69 bits per heavy atom. The van der Waals surface area contributed by atoms with Crippen molar-refractivity contribution in [2.45, 2.75) is 26.8 Å². The summed E-state index contributed by atoms with van der Waals surface area (Å²) < 4.78 is 8.33. The highest BCUT2D eigenvalue weighted by Crippen LogP contribution is 2.38. The molecule has 0 saturated heterocycles. The van der Waals surface area contributed by atoms with Crippen LogP contribution in [-0.4, -0.2) is 40.6 Å². The van der Waals surface area contributed by atoms with Gasteiger partial charge >= 0.3 is 5.97 Å². The first-order chi connectivity index (χ1) is 20.1. The van der Waals surface area contributed by atoms with Gasteiger partial charge in [-0.05, 0) is 59.7 Å². The Bertz CT molecular complexity index is 1830. The van der Waals surface area contributed by atoms with Crippen molar-refractivity contribution in [3.63, 3.8) is 0 Å². The minimum Gasteiger partial charge on any atom is -0.466 e. The van der Waals surface area contributed by atoms with Crippen molar-refractivity contribution >= 4 is 67.0 Å². The van der Waals surface area contributed by atoms with Crippen LogP contribution in [0.4, 0.5) is 17.1 Å². The molecule has 5 aromatic rings. The summed E-state index contributed by atoms with van der Waals surface area (Å²) in [5, 5.41) is 27.6. The quantitative estimate of drug-likeness (QED) is 0.0911. The Balaban J connectivity index is 1.66. The number of nitro groups is 2. The fourth-order valence-electron chi connectivity index (χ4n) is 5.05. The summed E-state index contributed by atoms with van der Waals surface area (Å²) in [4.78, 5) is 36.3. The van der Waals surface area contributed by atoms with Crippen LogP contribution in [0.3, 0.4) is 0 Å². The molecular weight excluding hydrogens is 580 g/mol. The average Bonchev–Trinajstić information content (AvgIpc) is 3.52. The molecule has 0 aliphatic heterocycles. The number of nitro benzene ring substituents is 2. The first-order valence-corrected chi connectivity index (χ1v) is 14.5. The lowest BCUT2D eigenvalue weighted by molar-refractivity contribution is -0.394. The van der Waals surface area contributed by atoms with E-state index in [9.17, 15) is 25.0 Å². The van der Waals surface area contributed by atoms with Crippen molar-refractivity contribution < 1.29 is 19.4 Å². The lowest BCUT2D eigenvalue weighted by atomic mass is 10.0. The molecule has 42 heavy (non-hydrogen) atoms. The normalized spacial score (nSPS) is 11.2. The number of esters is 1. The molecule has 0 radical (unpaired) electrons. The standard InChI is InChI=1S/C30H27ClN4O6S/c1-4-32(3)28-13-22(31)12-26-21(17-42-30(26)28)16-33-15-20(11-29(36)41-5-2)25-7-6-18(10-27(25)33)19-8-23(34(37)38)14-24(9-19)35(39)40/h6-10,12-15,17H,4-5,11,16H2,1-3H3. The lowest BCUT2D eigenvalue weighted by Gasteiger charge is -2.18. The number of carbonyl (C=O) groups excluding carboxylic acids is 1. The molecule has 10 nitrogen and oxygen atoms in total. The fraction of sp³-hybridized carbons (Fsp3) is 0.233. The molecular formula is C30H27ClN4O6S. The van der Waals surface area contributed by atoms with Crippen LogP contribution in [0.2, 0.25) is 5.02 Å². The Labute approximate surface area is 250 Å². The van der Waals surface area contributed by atoms with Crippen LogP contribution in [0.1, 0.15) is 25.0 Å². The maximum absolute atomic E-state index is 12.4. The average molecular weight is 607 g/mol. The molecule has 216 valence electrons. The largest absolute Gasteiger partial charge is 0.466 e. The van der Waals surface area contributed by atoms with Crippen molar-refractivity contribution in [1.29, 1.82) is 0 Å². The van der Waals surface area contributed by atoms with Gasteiger partial charge in [0.15, 0.2) is 0 Å². The van der Waals surface area contributed by atoms with Crippen LogP contribution in [0, 0.1) is 20.2 Å². The molecule has 0 fully saturated rings. The number of hydrogen-bond donors (Lipinski definition) is 0. The molecule has 0 N–H and O–H groups in total. The topological polar surface area (TPSA) is 121 Å². The molecule has 0 bridgehead atoms. The van der Waals surface area contributed by atoms with E-state index in [0.717, 1.165) is 50.4 Å². The number of anilines is 1. The monoisotopic (exact) mass is 606 g/mol. The molecule has 3 aromatic carbocycles. The summed E-state index contributed by atoms with van der Waals surface area (Å²) in [6, 6.07) is 12.9. The number of halogens is 1. The first kappa shape index (κ1) is 29.0.